The molecule has 0 bridgehead atoms. The fourth-order valence-electron chi connectivity index (χ4n) is 1.21. The van der Waals surface area contributed by atoms with Gasteiger partial charge in [0.15, 0.2) is 0 Å². The number of thioether (sulfide) groups is 1. The molecule has 5 heteroatoms. The van der Waals surface area contributed by atoms with Crippen LogP contribution in [-0.4, -0.2) is 23.8 Å². The Bertz CT molecular complexity index is 171. The Kier molecular flexibility index (Phi) is 4.12. The first-order valence-corrected chi connectivity index (χ1v) is 5.15. The molecule has 1 nitrogen and oxygen atoms in total. The van der Waals surface area contributed by atoms with Crippen LogP contribution in [0.1, 0.15) is 12.8 Å². The monoisotopic (exact) mass is 211 g/mol. The van der Waals surface area contributed by atoms with Gasteiger partial charge in [-0.05, 0) is 24.6 Å². The summed E-state index contributed by atoms with van der Waals surface area (Å²) in [5.41, 5.74) is -4.09. The van der Waals surface area contributed by atoms with E-state index in [-0.39, 0.29) is 17.5 Å². The van der Waals surface area contributed by atoms with Gasteiger partial charge in [-0.1, -0.05) is 12.2 Å². The van der Waals surface area contributed by atoms with E-state index in [0.29, 0.717) is 12.6 Å². The Morgan fingerprint density at radius 1 is 1.31 bits per heavy atom. The van der Waals surface area contributed by atoms with E-state index in [4.69, 9.17) is 0 Å². The Morgan fingerprint density at radius 3 is 2.46 bits per heavy atom. The van der Waals surface area contributed by atoms with Gasteiger partial charge in [-0.3, -0.25) is 0 Å². The molecule has 0 aromatic rings. The highest BCUT2D eigenvalue weighted by atomic mass is 32.2. The molecule has 13 heavy (non-hydrogen) atoms. The second-order valence-electron chi connectivity index (χ2n) is 2.89. The number of alkyl halides is 3. The SMILES string of the molecule is FC(F)(F)SCCNC1CC=CC1. The van der Waals surface area contributed by atoms with Crippen LogP contribution in [0.15, 0.2) is 12.2 Å². The fourth-order valence-corrected chi connectivity index (χ4v) is 1.67. The highest BCUT2D eigenvalue weighted by molar-refractivity contribution is 8.00. The zero-order valence-electron chi connectivity index (χ0n) is 7.10. The fraction of sp³-hybridized carbons (Fsp3) is 0.750. The summed E-state index contributed by atoms with van der Waals surface area (Å²) in [5.74, 6) is 0.0972. The summed E-state index contributed by atoms with van der Waals surface area (Å²) in [4.78, 5) is 0. The van der Waals surface area contributed by atoms with Crippen molar-refractivity contribution in [3.05, 3.63) is 12.2 Å². The van der Waals surface area contributed by atoms with Gasteiger partial charge in [0.2, 0.25) is 0 Å². The van der Waals surface area contributed by atoms with Crippen molar-refractivity contribution >= 4 is 11.8 Å². The van der Waals surface area contributed by atoms with Crippen molar-refractivity contribution in [3.8, 4) is 0 Å². The molecule has 1 aliphatic rings. The zero-order chi connectivity index (χ0) is 9.73. The number of hydrogen-bond donors (Lipinski definition) is 1. The van der Waals surface area contributed by atoms with Crippen LogP contribution in [0.4, 0.5) is 13.2 Å². The second-order valence-corrected chi connectivity index (χ2v) is 4.05. The molecule has 0 aromatic heterocycles. The number of hydrogen-bond acceptors (Lipinski definition) is 2. The van der Waals surface area contributed by atoms with E-state index < -0.39 is 5.51 Å². The first-order valence-electron chi connectivity index (χ1n) is 4.17. The summed E-state index contributed by atoms with van der Waals surface area (Å²) in [6.07, 6.45) is 5.98. The summed E-state index contributed by atoms with van der Waals surface area (Å²) in [6.45, 7) is 0.427. The van der Waals surface area contributed by atoms with Crippen LogP contribution in [0.3, 0.4) is 0 Å². The molecule has 76 valence electrons. The van der Waals surface area contributed by atoms with E-state index in [2.05, 4.69) is 17.5 Å². The number of halogens is 3. The van der Waals surface area contributed by atoms with Gasteiger partial charge in [-0.2, -0.15) is 13.2 Å². The van der Waals surface area contributed by atoms with E-state index >= 15 is 0 Å². The molecule has 0 atom stereocenters. The third kappa shape index (κ3) is 5.21. The Morgan fingerprint density at radius 2 is 1.92 bits per heavy atom. The highest BCUT2D eigenvalue weighted by Gasteiger charge is 2.27. The maximum atomic E-state index is 11.7. The molecule has 0 radical (unpaired) electrons. The van der Waals surface area contributed by atoms with Crippen LogP contribution in [0.2, 0.25) is 0 Å². The topological polar surface area (TPSA) is 12.0 Å². The average Bonchev–Trinajstić information content (AvgIpc) is 2.48. The minimum Gasteiger partial charge on any atom is -0.313 e. The van der Waals surface area contributed by atoms with Gasteiger partial charge in [-0.15, -0.1) is 0 Å². The third-order valence-electron chi connectivity index (χ3n) is 1.81. The van der Waals surface area contributed by atoms with E-state index in [1.54, 1.807) is 0 Å². The van der Waals surface area contributed by atoms with Crippen molar-refractivity contribution in [3.63, 3.8) is 0 Å². The predicted molar refractivity (Wildman–Crippen MR) is 48.7 cm³/mol. The van der Waals surface area contributed by atoms with Crippen LogP contribution in [0, 0.1) is 0 Å². The van der Waals surface area contributed by atoms with E-state index in [0.717, 1.165) is 12.8 Å². The van der Waals surface area contributed by atoms with Gasteiger partial charge in [0.25, 0.3) is 0 Å². The van der Waals surface area contributed by atoms with Crippen molar-refractivity contribution in [2.24, 2.45) is 0 Å². The van der Waals surface area contributed by atoms with Crippen molar-refractivity contribution in [2.75, 3.05) is 12.3 Å². The highest BCUT2D eigenvalue weighted by Crippen LogP contribution is 2.29. The molecule has 0 spiro atoms. The maximum absolute atomic E-state index is 11.7. The lowest BCUT2D eigenvalue weighted by molar-refractivity contribution is -0.0327. The smallest absolute Gasteiger partial charge is 0.313 e. The Labute approximate surface area is 79.8 Å². The van der Waals surface area contributed by atoms with Crippen LogP contribution in [0.25, 0.3) is 0 Å². The molecule has 0 aliphatic heterocycles. The molecular formula is C8H12F3NS. The van der Waals surface area contributed by atoms with Gasteiger partial charge >= 0.3 is 5.51 Å². The van der Waals surface area contributed by atoms with Crippen molar-refractivity contribution in [2.45, 2.75) is 24.4 Å². The third-order valence-corrected chi connectivity index (χ3v) is 2.54. The molecule has 0 heterocycles. The molecule has 0 saturated heterocycles. The quantitative estimate of drug-likeness (QED) is 0.566. The van der Waals surface area contributed by atoms with E-state index in [1.807, 2.05) is 0 Å². The van der Waals surface area contributed by atoms with Gasteiger partial charge in [0.1, 0.15) is 0 Å². The summed E-state index contributed by atoms with van der Waals surface area (Å²) >= 11 is 0.0340. The molecule has 1 N–H and O–H groups in total. The van der Waals surface area contributed by atoms with Gasteiger partial charge in [-0.25, -0.2) is 0 Å². The lowest BCUT2D eigenvalue weighted by Crippen LogP contribution is -2.28. The molecule has 0 saturated carbocycles. The van der Waals surface area contributed by atoms with Crippen molar-refractivity contribution in [1.29, 1.82) is 0 Å². The lowest BCUT2D eigenvalue weighted by atomic mass is 10.2. The largest absolute Gasteiger partial charge is 0.441 e. The van der Waals surface area contributed by atoms with Gasteiger partial charge in [0.05, 0.1) is 0 Å². The second kappa shape index (κ2) is 4.91. The summed E-state index contributed by atoms with van der Waals surface area (Å²) in [5, 5.41) is 3.07. The first-order chi connectivity index (χ1) is 6.08. The molecular weight excluding hydrogens is 199 g/mol. The summed E-state index contributed by atoms with van der Waals surface area (Å²) in [7, 11) is 0. The molecule has 1 aliphatic carbocycles. The Hall–Kier alpha value is -0.160. The maximum Gasteiger partial charge on any atom is 0.441 e. The molecule has 0 aromatic carbocycles. The number of rotatable bonds is 4. The van der Waals surface area contributed by atoms with Crippen LogP contribution in [-0.2, 0) is 0 Å². The number of nitrogens with one attached hydrogen (secondary N) is 1. The summed E-state index contributed by atoms with van der Waals surface area (Å²) in [6, 6.07) is 0.355. The molecule has 0 unspecified atom stereocenters. The van der Waals surface area contributed by atoms with Gasteiger partial charge in [0, 0.05) is 18.3 Å². The molecule has 1 rings (SSSR count). The van der Waals surface area contributed by atoms with Crippen LogP contribution >= 0.6 is 11.8 Å². The lowest BCUT2D eigenvalue weighted by Gasteiger charge is -2.11. The minimum atomic E-state index is -4.09. The van der Waals surface area contributed by atoms with E-state index in [9.17, 15) is 13.2 Å². The average molecular weight is 211 g/mol. The Balaban J connectivity index is 1.95. The zero-order valence-corrected chi connectivity index (χ0v) is 7.92. The van der Waals surface area contributed by atoms with Crippen LogP contribution < -0.4 is 5.32 Å². The van der Waals surface area contributed by atoms with Crippen molar-refractivity contribution in [1.82, 2.24) is 5.32 Å². The van der Waals surface area contributed by atoms with Gasteiger partial charge < -0.3 is 5.32 Å². The van der Waals surface area contributed by atoms with E-state index in [1.165, 1.54) is 0 Å². The standard InChI is InChI=1S/C8H12F3NS/c9-8(10,11)13-6-5-12-7-3-1-2-4-7/h1-2,7,12H,3-6H2. The van der Waals surface area contributed by atoms with Crippen LogP contribution in [0.5, 0.6) is 0 Å². The molecule has 0 fully saturated rings. The minimum absolute atomic E-state index is 0.0340. The normalized spacial score (nSPS) is 18.4. The van der Waals surface area contributed by atoms with Crippen molar-refractivity contribution < 1.29 is 13.2 Å². The summed E-state index contributed by atoms with van der Waals surface area (Å²) < 4.78 is 35.0. The first kappa shape index (κ1) is 10.9. The molecule has 0 amide bonds. The predicted octanol–water partition coefficient (Wildman–Crippen LogP) is 2.55.